The number of hydrogen-bond donors (Lipinski definition) is 0. The number of nitro groups is 1. The molecule has 25 heavy (non-hydrogen) atoms. The van der Waals surface area contributed by atoms with E-state index in [0.29, 0.717) is 26.9 Å². The summed E-state index contributed by atoms with van der Waals surface area (Å²) < 4.78 is 28.0. The molecular formula is C15H7F2N5O2S. The summed E-state index contributed by atoms with van der Waals surface area (Å²) in [4.78, 5) is 10.6. The average Bonchev–Trinajstić information content (AvgIpc) is 3.16. The molecule has 0 aliphatic carbocycles. The smallest absolute Gasteiger partial charge is 0.258 e. The molecule has 0 fully saturated rings. The number of nitrogens with zero attached hydrogens (tertiary/aromatic N) is 5. The van der Waals surface area contributed by atoms with Crippen molar-refractivity contribution < 1.29 is 13.7 Å². The summed E-state index contributed by atoms with van der Waals surface area (Å²) in [5, 5.41) is 23.7. The van der Waals surface area contributed by atoms with Crippen molar-refractivity contribution in [1.29, 1.82) is 0 Å². The Balaban J connectivity index is 1.82. The van der Waals surface area contributed by atoms with E-state index in [2.05, 4.69) is 15.3 Å². The molecule has 4 aromatic rings. The molecule has 0 aliphatic heterocycles. The lowest BCUT2D eigenvalue weighted by molar-refractivity contribution is -0.387. The summed E-state index contributed by atoms with van der Waals surface area (Å²) in [7, 11) is 0. The summed E-state index contributed by atoms with van der Waals surface area (Å²) in [6.07, 6.45) is 0. The van der Waals surface area contributed by atoms with Crippen LogP contribution in [0.2, 0.25) is 0 Å². The first kappa shape index (κ1) is 15.3. The van der Waals surface area contributed by atoms with Crippen molar-refractivity contribution in [2.24, 2.45) is 0 Å². The molecule has 0 atom stereocenters. The molecule has 0 unspecified atom stereocenters. The second-order valence-electron chi connectivity index (χ2n) is 5.06. The number of nitro benzene ring substituents is 1. The molecule has 124 valence electrons. The zero-order valence-corrected chi connectivity index (χ0v) is 13.1. The highest BCUT2D eigenvalue weighted by Crippen LogP contribution is 2.31. The topological polar surface area (TPSA) is 86.2 Å². The number of fused-ring (bicyclic) bond motifs is 1. The molecule has 4 rings (SSSR count). The molecule has 0 amide bonds. The Kier molecular flexibility index (Phi) is 3.46. The Morgan fingerprint density at radius 1 is 1.04 bits per heavy atom. The monoisotopic (exact) mass is 359 g/mol. The Morgan fingerprint density at radius 2 is 1.76 bits per heavy atom. The Hall–Kier alpha value is -3.27. The van der Waals surface area contributed by atoms with Crippen LogP contribution in [0.4, 0.5) is 14.5 Å². The first-order chi connectivity index (χ1) is 12.0. The maximum Gasteiger partial charge on any atom is 0.305 e. The summed E-state index contributed by atoms with van der Waals surface area (Å²) in [5.74, 6) is -0.875. The minimum absolute atomic E-state index is 0.373. The van der Waals surface area contributed by atoms with Crippen LogP contribution >= 0.6 is 11.3 Å². The van der Waals surface area contributed by atoms with Gasteiger partial charge in [-0.1, -0.05) is 11.3 Å². The Bertz CT molecular complexity index is 1110. The average molecular weight is 359 g/mol. The first-order valence-electron chi connectivity index (χ1n) is 6.95. The van der Waals surface area contributed by atoms with E-state index in [9.17, 15) is 18.9 Å². The van der Waals surface area contributed by atoms with Crippen LogP contribution in [-0.4, -0.2) is 24.7 Å². The molecule has 7 nitrogen and oxygen atoms in total. The lowest BCUT2D eigenvalue weighted by Crippen LogP contribution is -1.94. The van der Waals surface area contributed by atoms with Crippen LogP contribution in [0, 0.1) is 21.7 Å². The van der Waals surface area contributed by atoms with Crippen LogP contribution in [0.25, 0.3) is 26.9 Å². The van der Waals surface area contributed by atoms with Crippen molar-refractivity contribution in [3.63, 3.8) is 0 Å². The summed E-state index contributed by atoms with van der Waals surface area (Å²) in [6.45, 7) is 0. The fourth-order valence-electron chi connectivity index (χ4n) is 2.30. The summed E-state index contributed by atoms with van der Waals surface area (Å²) in [6, 6.07) is 9.25. The Labute approximate surface area is 142 Å². The van der Waals surface area contributed by atoms with Gasteiger partial charge in [-0.3, -0.25) is 10.1 Å². The van der Waals surface area contributed by atoms with Gasteiger partial charge in [-0.15, -0.1) is 10.2 Å². The molecule has 0 saturated carbocycles. The van der Waals surface area contributed by atoms with E-state index in [1.165, 1.54) is 22.7 Å². The molecular weight excluding hydrogens is 352 g/mol. The van der Waals surface area contributed by atoms with Crippen molar-refractivity contribution in [3.8, 4) is 22.0 Å². The number of aromatic nitrogens is 4. The van der Waals surface area contributed by atoms with Crippen molar-refractivity contribution in [2.45, 2.75) is 0 Å². The van der Waals surface area contributed by atoms with E-state index >= 15 is 0 Å². The maximum absolute atomic E-state index is 13.5. The third-order valence-electron chi connectivity index (χ3n) is 3.48. The third-order valence-corrected chi connectivity index (χ3v) is 4.43. The van der Waals surface area contributed by atoms with Crippen LogP contribution < -0.4 is 0 Å². The number of benzene rings is 2. The van der Waals surface area contributed by atoms with E-state index in [4.69, 9.17) is 0 Å². The van der Waals surface area contributed by atoms with Gasteiger partial charge in [-0.25, -0.2) is 4.39 Å². The number of hydrogen-bond acceptors (Lipinski definition) is 6. The fourth-order valence-corrected chi connectivity index (χ4v) is 3.13. The van der Waals surface area contributed by atoms with Gasteiger partial charge in [0.2, 0.25) is 10.8 Å². The van der Waals surface area contributed by atoms with Crippen molar-refractivity contribution in [2.75, 3.05) is 0 Å². The van der Waals surface area contributed by atoms with Gasteiger partial charge in [0.25, 0.3) is 0 Å². The second kappa shape index (κ2) is 5.67. The van der Waals surface area contributed by atoms with Crippen molar-refractivity contribution >= 4 is 22.0 Å². The van der Waals surface area contributed by atoms with Gasteiger partial charge >= 0.3 is 5.69 Å². The van der Waals surface area contributed by atoms with Gasteiger partial charge in [0.15, 0.2) is 5.82 Å². The SMILES string of the molecule is O=[N+]([O-])c1cc(-c2nn3c(-c4ccc(F)cc4)nnc3s2)ccc1F. The zero-order chi connectivity index (χ0) is 17.6. The lowest BCUT2D eigenvalue weighted by Gasteiger charge is -1.98. The summed E-state index contributed by atoms with van der Waals surface area (Å²) >= 11 is 1.15. The standard InChI is InChI=1S/C15H7F2N5O2S/c16-10-4-1-8(2-5-10)13-18-19-15-21(13)20-14(25-15)9-3-6-11(17)12(7-9)22(23)24/h1-7H. The predicted molar refractivity (Wildman–Crippen MR) is 86.1 cm³/mol. The zero-order valence-electron chi connectivity index (χ0n) is 12.3. The van der Waals surface area contributed by atoms with Gasteiger partial charge in [-0.2, -0.15) is 14.0 Å². The molecule has 10 heteroatoms. The molecule has 2 heterocycles. The van der Waals surface area contributed by atoms with E-state index in [0.717, 1.165) is 23.5 Å². The van der Waals surface area contributed by atoms with Crippen LogP contribution in [0.15, 0.2) is 42.5 Å². The molecule has 2 aromatic carbocycles. The molecule has 2 aromatic heterocycles. The van der Waals surface area contributed by atoms with Gasteiger partial charge in [0.1, 0.15) is 10.8 Å². The highest BCUT2D eigenvalue weighted by Gasteiger charge is 2.19. The molecule has 0 saturated heterocycles. The van der Waals surface area contributed by atoms with Gasteiger partial charge in [0.05, 0.1) is 4.92 Å². The molecule has 0 N–H and O–H groups in total. The quantitative estimate of drug-likeness (QED) is 0.411. The highest BCUT2D eigenvalue weighted by molar-refractivity contribution is 7.19. The van der Waals surface area contributed by atoms with Crippen LogP contribution in [-0.2, 0) is 0 Å². The van der Waals surface area contributed by atoms with Gasteiger partial charge in [0, 0.05) is 17.2 Å². The van der Waals surface area contributed by atoms with Gasteiger partial charge < -0.3 is 0 Å². The minimum atomic E-state index is -0.913. The predicted octanol–water partition coefficient (Wildman–Crippen LogP) is 3.71. The fraction of sp³-hybridized carbons (Fsp3) is 0. The maximum atomic E-state index is 13.5. The largest absolute Gasteiger partial charge is 0.305 e. The molecule has 0 bridgehead atoms. The third kappa shape index (κ3) is 2.62. The minimum Gasteiger partial charge on any atom is -0.258 e. The van der Waals surface area contributed by atoms with E-state index in [1.807, 2.05) is 0 Å². The van der Waals surface area contributed by atoms with E-state index in [-0.39, 0.29) is 5.82 Å². The molecule has 0 aliphatic rings. The molecule has 0 spiro atoms. The van der Waals surface area contributed by atoms with Crippen LogP contribution in [0.1, 0.15) is 0 Å². The lowest BCUT2D eigenvalue weighted by atomic mass is 10.2. The summed E-state index contributed by atoms with van der Waals surface area (Å²) in [5.41, 5.74) is 0.395. The molecule has 0 radical (unpaired) electrons. The highest BCUT2D eigenvalue weighted by atomic mass is 32.1. The van der Waals surface area contributed by atoms with E-state index in [1.54, 1.807) is 12.1 Å². The van der Waals surface area contributed by atoms with E-state index < -0.39 is 16.4 Å². The number of rotatable bonds is 3. The number of halogens is 2. The normalized spacial score (nSPS) is 11.1. The van der Waals surface area contributed by atoms with Crippen LogP contribution in [0.5, 0.6) is 0 Å². The second-order valence-corrected chi connectivity index (χ2v) is 6.01. The van der Waals surface area contributed by atoms with Crippen molar-refractivity contribution in [1.82, 2.24) is 19.8 Å². The van der Waals surface area contributed by atoms with Crippen LogP contribution in [0.3, 0.4) is 0 Å². The van der Waals surface area contributed by atoms with Crippen molar-refractivity contribution in [3.05, 3.63) is 64.2 Å². The Morgan fingerprint density at radius 3 is 2.48 bits per heavy atom. The first-order valence-corrected chi connectivity index (χ1v) is 7.77. The van der Waals surface area contributed by atoms with Gasteiger partial charge in [-0.05, 0) is 36.4 Å².